The number of rotatable bonds is 4. The highest BCUT2D eigenvalue weighted by Crippen LogP contribution is 2.20. The lowest BCUT2D eigenvalue weighted by molar-refractivity contribution is 0.920. The van der Waals surface area contributed by atoms with Gasteiger partial charge in [0.1, 0.15) is 0 Å². The molecule has 0 atom stereocenters. The minimum Gasteiger partial charge on any atom is -0.0651 e. The van der Waals surface area contributed by atoms with Crippen molar-refractivity contribution in [3.05, 3.63) is 59.7 Å². The molecular weight excluding hydrogens is 204 g/mol. The van der Waals surface area contributed by atoms with E-state index in [4.69, 9.17) is 0 Å². The third-order valence-corrected chi connectivity index (χ3v) is 3.09. The SMILES string of the molecule is CCCc1[c]cc(-c2ccc(CC)cc2)cc1. The van der Waals surface area contributed by atoms with Gasteiger partial charge < -0.3 is 0 Å². The van der Waals surface area contributed by atoms with Crippen LogP contribution in [0.4, 0.5) is 0 Å². The van der Waals surface area contributed by atoms with Gasteiger partial charge in [-0.3, -0.25) is 0 Å². The molecule has 0 spiro atoms. The highest BCUT2D eigenvalue weighted by Gasteiger charge is 1.98. The predicted octanol–water partition coefficient (Wildman–Crippen LogP) is 4.67. The maximum atomic E-state index is 3.37. The Labute approximate surface area is 104 Å². The van der Waals surface area contributed by atoms with Gasteiger partial charge in [-0.05, 0) is 47.2 Å². The quantitative estimate of drug-likeness (QED) is 0.706. The van der Waals surface area contributed by atoms with E-state index in [0.29, 0.717) is 0 Å². The van der Waals surface area contributed by atoms with Gasteiger partial charge in [0.2, 0.25) is 0 Å². The highest BCUT2D eigenvalue weighted by molar-refractivity contribution is 5.63. The average Bonchev–Trinajstić information content (AvgIpc) is 2.40. The van der Waals surface area contributed by atoms with Gasteiger partial charge in [0.05, 0.1) is 0 Å². The minimum absolute atomic E-state index is 1.10. The Kier molecular flexibility index (Phi) is 3.98. The zero-order chi connectivity index (χ0) is 12.1. The van der Waals surface area contributed by atoms with E-state index < -0.39 is 0 Å². The molecule has 0 aromatic heterocycles. The summed E-state index contributed by atoms with van der Waals surface area (Å²) in [6, 6.07) is 18.7. The first kappa shape index (κ1) is 11.9. The third kappa shape index (κ3) is 2.97. The molecule has 2 rings (SSSR count). The van der Waals surface area contributed by atoms with E-state index in [2.05, 4.69) is 62.4 Å². The first-order valence-corrected chi connectivity index (χ1v) is 6.43. The van der Waals surface area contributed by atoms with Crippen LogP contribution in [0.2, 0.25) is 0 Å². The van der Waals surface area contributed by atoms with Gasteiger partial charge in [0, 0.05) is 0 Å². The molecule has 17 heavy (non-hydrogen) atoms. The van der Waals surface area contributed by atoms with Crippen LogP contribution in [0, 0.1) is 6.07 Å². The topological polar surface area (TPSA) is 0 Å². The van der Waals surface area contributed by atoms with Gasteiger partial charge in [-0.1, -0.05) is 56.7 Å². The molecule has 0 fully saturated rings. The smallest absolute Gasteiger partial charge is 0.0143 e. The van der Waals surface area contributed by atoms with E-state index in [0.717, 1.165) is 12.8 Å². The van der Waals surface area contributed by atoms with E-state index in [1.807, 2.05) is 0 Å². The summed E-state index contributed by atoms with van der Waals surface area (Å²) in [5, 5.41) is 0. The van der Waals surface area contributed by atoms with Crippen LogP contribution in [-0.4, -0.2) is 0 Å². The summed E-state index contributed by atoms with van der Waals surface area (Å²) in [5.41, 5.74) is 5.23. The first-order chi connectivity index (χ1) is 8.33. The first-order valence-electron chi connectivity index (χ1n) is 6.43. The minimum atomic E-state index is 1.10. The molecule has 0 aliphatic carbocycles. The largest absolute Gasteiger partial charge is 0.0651 e. The Balaban J connectivity index is 2.20. The van der Waals surface area contributed by atoms with Crippen molar-refractivity contribution in [1.82, 2.24) is 0 Å². The van der Waals surface area contributed by atoms with Gasteiger partial charge >= 0.3 is 0 Å². The molecule has 0 bridgehead atoms. The average molecular weight is 223 g/mol. The predicted molar refractivity (Wildman–Crippen MR) is 74.1 cm³/mol. The number of aryl methyl sites for hydroxylation is 2. The molecule has 87 valence electrons. The highest BCUT2D eigenvalue weighted by atomic mass is 14.0. The Morgan fingerprint density at radius 3 is 2.12 bits per heavy atom. The van der Waals surface area contributed by atoms with Crippen molar-refractivity contribution in [2.24, 2.45) is 0 Å². The molecule has 0 nitrogen and oxygen atoms in total. The van der Waals surface area contributed by atoms with Crippen LogP contribution in [0.5, 0.6) is 0 Å². The second-order valence-corrected chi connectivity index (χ2v) is 4.40. The number of hydrogen-bond acceptors (Lipinski definition) is 0. The van der Waals surface area contributed by atoms with Gasteiger partial charge in [-0.25, -0.2) is 0 Å². The monoisotopic (exact) mass is 223 g/mol. The molecule has 0 saturated carbocycles. The summed E-state index contributed by atoms with van der Waals surface area (Å²) in [6.45, 7) is 4.38. The molecule has 0 aliphatic rings. The molecular formula is C17H19. The Hall–Kier alpha value is -1.56. The standard InChI is InChI=1S/C17H19/c1-3-5-15-8-12-17(13-9-15)16-10-6-14(4-2)7-11-16/h6-8,10-13H,3-5H2,1-2H3. The van der Waals surface area contributed by atoms with E-state index in [9.17, 15) is 0 Å². The van der Waals surface area contributed by atoms with Crippen molar-refractivity contribution in [2.75, 3.05) is 0 Å². The summed E-state index contributed by atoms with van der Waals surface area (Å²) in [7, 11) is 0. The fourth-order valence-corrected chi connectivity index (χ4v) is 1.99. The fourth-order valence-electron chi connectivity index (χ4n) is 1.99. The van der Waals surface area contributed by atoms with Crippen molar-refractivity contribution >= 4 is 0 Å². The zero-order valence-corrected chi connectivity index (χ0v) is 10.7. The van der Waals surface area contributed by atoms with E-state index >= 15 is 0 Å². The maximum Gasteiger partial charge on any atom is -0.0143 e. The molecule has 0 unspecified atom stereocenters. The third-order valence-electron chi connectivity index (χ3n) is 3.09. The van der Waals surface area contributed by atoms with Crippen LogP contribution in [0.25, 0.3) is 11.1 Å². The van der Waals surface area contributed by atoms with Gasteiger partial charge in [-0.15, -0.1) is 0 Å². The van der Waals surface area contributed by atoms with Gasteiger partial charge in [0.25, 0.3) is 0 Å². The summed E-state index contributed by atoms with van der Waals surface area (Å²) in [5.74, 6) is 0. The molecule has 0 heteroatoms. The van der Waals surface area contributed by atoms with Crippen LogP contribution >= 0.6 is 0 Å². The zero-order valence-electron chi connectivity index (χ0n) is 10.7. The summed E-state index contributed by atoms with van der Waals surface area (Å²) in [6.07, 6.45) is 3.40. The normalized spacial score (nSPS) is 10.5. The van der Waals surface area contributed by atoms with Crippen molar-refractivity contribution in [1.29, 1.82) is 0 Å². The van der Waals surface area contributed by atoms with Gasteiger partial charge in [0.15, 0.2) is 0 Å². The molecule has 0 aliphatic heterocycles. The van der Waals surface area contributed by atoms with Crippen molar-refractivity contribution in [3.8, 4) is 11.1 Å². The maximum absolute atomic E-state index is 3.37. The molecule has 2 aromatic rings. The lowest BCUT2D eigenvalue weighted by atomic mass is 10.0. The molecule has 0 amide bonds. The molecule has 2 aromatic carbocycles. The summed E-state index contributed by atoms with van der Waals surface area (Å²) < 4.78 is 0. The second-order valence-electron chi connectivity index (χ2n) is 4.40. The summed E-state index contributed by atoms with van der Waals surface area (Å²) >= 11 is 0. The van der Waals surface area contributed by atoms with Crippen LogP contribution in [-0.2, 0) is 12.8 Å². The van der Waals surface area contributed by atoms with Crippen LogP contribution < -0.4 is 0 Å². The Morgan fingerprint density at radius 1 is 0.882 bits per heavy atom. The van der Waals surface area contributed by atoms with Crippen molar-refractivity contribution in [3.63, 3.8) is 0 Å². The molecule has 0 saturated heterocycles. The van der Waals surface area contributed by atoms with E-state index in [1.54, 1.807) is 0 Å². The summed E-state index contributed by atoms with van der Waals surface area (Å²) in [4.78, 5) is 0. The Morgan fingerprint density at radius 2 is 1.59 bits per heavy atom. The van der Waals surface area contributed by atoms with Crippen LogP contribution in [0.3, 0.4) is 0 Å². The number of hydrogen-bond donors (Lipinski definition) is 0. The molecule has 0 N–H and O–H groups in total. The second kappa shape index (κ2) is 5.67. The Bertz CT molecular complexity index is 448. The van der Waals surface area contributed by atoms with Gasteiger partial charge in [-0.2, -0.15) is 0 Å². The van der Waals surface area contributed by atoms with E-state index in [1.165, 1.54) is 28.7 Å². The number of benzene rings is 2. The van der Waals surface area contributed by atoms with Crippen molar-refractivity contribution < 1.29 is 0 Å². The van der Waals surface area contributed by atoms with Crippen molar-refractivity contribution in [2.45, 2.75) is 33.1 Å². The molecule has 1 radical (unpaired) electrons. The fraction of sp³-hybridized carbons (Fsp3) is 0.294. The lowest BCUT2D eigenvalue weighted by Gasteiger charge is -2.04. The van der Waals surface area contributed by atoms with E-state index in [-0.39, 0.29) is 0 Å². The lowest BCUT2D eigenvalue weighted by Crippen LogP contribution is -1.85. The van der Waals surface area contributed by atoms with Crippen LogP contribution in [0.15, 0.2) is 42.5 Å². The van der Waals surface area contributed by atoms with Crippen LogP contribution in [0.1, 0.15) is 31.4 Å². The molecule has 0 heterocycles.